The zero-order valence-corrected chi connectivity index (χ0v) is 31.3. The number of rotatable bonds is 31. The van der Waals surface area contributed by atoms with Crippen molar-refractivity contribution >= 4 is 11.9 Å². The van der Waals surface area contributed by atoms with Gasteiger partial charge in [-0.15, -0.1) is 0 Å². The monoisotopic (exact) mass is 922 g/mol. The van der Waals surface area contributed by atoms with Gasteiger partial charge in [0.15, 0.2) is 0 Å². The lowest BCUT2D eigenvalue weighted by molar-refractivity contribution is -0.440. The zero-order valence-electron chi connectivity index (χ0n) is 31.3. The van der Waals surface area contributed by atoms with Gasteiger partial charge in [-0.2, -0.15) is 57.1 Å². The number of hydrogen-bond donors (Lipinski definition) is 1. The molecular formula is C36H67F13O11. The molecule has 0 fully saturated rings. The minimum atomic E-state index is -7.93. The normalized spacial score (nSPS) is 13.2. The number of aliphatic hydroxyl groups is 1. The third kappa shape index (κ3) is 23.8. The molecule has 11 nitrogen and oxygen atoms in total. The first-order chi connectivity index (χ1) is 25.8. The van der Waals surface area contributed by atoms with Gasteiger partial charge in [0.25, 0.3) is 0 Å². The Morgan fingerprint density at radius 2 is 0.700 bits per heavy atom. The fourth-order valence-electron chi connectivity index (χ4n) is 3.32. The summed E-state index contributed by atoms with van der Waals surface area (Å²) in [6, 6.07) is 0. The summed E-state index contributed by atoms with van der Waals surface area (Å²) in [5.74, 6) is -39.6. The van der Waals surface area contributed by atoms with Crippen molar-refractivity contribution in [1.82, 2.24) is 0 Å². The Labute approximate surface area is 345 Å². The van der Waals surface area contributed by atoms with Crippen LogP contribution in [0.3, 0.4) is 0 Å². The molecular weight excluding hydrogens is 855 g/mol. The molecule has 0 radical (unpaired) electrons. The fourth-order valence-corrected chi connectivity index (χ4v) is 3.32. The number of esters is 2. The summed E-state index contributed by atoms with van der Waals surface area (Å²) in [7, 11) is 0. The number of carbonyl (C=O) groups excluding carboxylic acids is 2. The van der Waals surface area contributed by atoms with Crippen molar-refractivity contribution in [3.8, 4) is 0 Å². The highest BCUT2D eigenvalue weighted by Crippen LogP contribution is 2.60. The zero-order chi connectivity index (χ0) is 43.7. The minimum Gasteiger partial charge on any atom is -0.465 e. The molecule has 2 atom stereocenters. The lowest BCUT2D eigenvalue weighted by Crippen LogP contribution is -2.70. The number of hydrogen-bond acceptors (Lipinski definition) is 11. The highest BCUT2D eigenvalue weighted by Gasteiger charge is 2.90. The molecule has 0 aromatic carbocycles. The van der Waals surface area contributed by atoms with Gasteiger partial charge in [-0.25, -0.2) is 0 Å². The summed E-state index contributed by atoms with van der Waals surface area (Å²) in [5.41, 5.74) is 0. The van der Waals surface area contributed by atoms with E-state index in [1.165, 1.54) is 13.8 Å². The summed E-state index contributed by atoms with van der Waals surface area (Å²) in [6.45, 7) is 10.6. The van der Waals surface area contributed by atoms with Crippen LogP contribution < -0.4 is 0 Å². The van der Waals surface area contributed by atoms with Crippen LogP contribution in [-0.4, -0.2) is 152 Å². The van der Waals surface area contributed by atoms with Crippen molar-refractivity contribution in [3.63, 3.8) is 0 Å². The topological polar surface area (TPSA) is 128 Å². The van der Waals surface area contributed by atoms with Crippen molar-refractivity contribution < 1.29 is 110 Å². The van der Waals surface area contributed by atoms with Crippen LogP contribution in [0.25, 0.3) is 0 Å². The molecule has 368 valence electrons. The average molecular weight is 923 g/mol. The summed E-state index contributed by atoms with van der Waals surface area (Å²) < 4.78 is 207. The highest BCUT2D eigenvalue weighted by molar-refractivity contribution is 5.72. The number of halogens is 13. The first-order valence-corrected chi connectivity index (χ1v) is 17.2. The Kier molecular flexibility index (Phi) is 39.7. The van der Waals surface area contributed by atoms with Crippen molar-refractivity contribution in [3.05, 3.63) is 0 Å². The Morgan fingerprint density at radius 1 is 0.433 bits per heavy atom. The van der Waals surface area contributed by atoms with Gasteiger partial charge < -0.3 is 43.0 Å². The molecule has 0 bridgehead atoms. The number of ether oxygens (including phenoxy) is 8. The van der Waals surface area contributed by atoms with Crippen LogP contribution in [-0.2, 0) is 47.5 Å². The van der Waals surface area contributed by atoms with E-state index in [1.54, 1.807) is 0 Å². The Hall–Kier alpha value is -2.25. The van der Waals surface area contributed by atoms with Gasteiger partial charge in [0.1, 0.15) is 6.61 Å². The molecule has 1 N–H and O–H groups in total. The van der Waals surface area contributed by atoms with Gasteiger partial charge in [0.05, 0.1) is 111 Å². The predicted octanol–water partition coefficient (Wildman–Crippen LogP) is 8.92. The first-order valence-electron chi connectivity index (χ1n) is 17.2. The van der Waals surface area contributed by atoms with E-state index in [9.17, 15) is 66.7 Å². The summed E-state index contributed by atoms with van der Waals surface area (Å²) in [4.78, 5) is 22.6. The van der Waals surface area contributed by atoms with Crippen molar-refractivity contribution in [2.24, 2.45) is 11.8 Å². The maximum Gasteiger partial charge on any atom is 0.460 e. The number of aliphatic hydroxyl groups excluding tert-OH is 1. The molecule has 0 heterocycles. The molecule has 0 spiro atoms. The summed E-state index contributed by atoms with van der Waals surface area (Å²) in [5, 5.41) is 8.52. The molecule has 0 rings (SSSR count). The van der Waals surface area contributed by atoms with Gasteiger partial charge in [0, 0.05) is 0 Å². The Bertz CT molecular complexity index is 1060. The third-order valence-electron chi connectivity index (χ3n) is 7.26. The Balaban J connectivity index is -0.000000228. The van der Waals surface area contributed by atoms with E-state index in [4.69, 9.17) is 38.3 Å². The molecule has 24 heteroatoms. The van der Waals surface area contributed by atoms with E-state index in [-0.39, 0.29) is 61.2 Å². The fraction of sp³-hybridized carbons (Fsp3) is 0.944. The van der Waals surface area contributed by atoms with E-state index in [2.05, 4.69) is 4.74 Å². The van der Waals surface area contributed by atoms with Gasteiger partial charge in [-0.1, -0.05) is 57.4 Å². The summed E-state index contributed by atoms with van der Waals surface area (Å²) >= 11 is 0. The molecule has 0 saturated carbocycles. The van der Waals surface area contributed by atoms with Gasteiger partial charge >= 0.3 is 47.7 Å². The van der Waals surface area contributed by atoms with E-state index < -0.39 is 60.7 Å². The second-order valence-corrected chi connectivity index (χ2v) is 11.6. The van der Waals surface area contributed by atoms with Crippen LogP contribution in [0.2, 0.25) is 0 Å². The second kappa shape index (κ2) is 34.3. The SMILES string of the molecule is C.C.C.C.CCC(C)C(=O)OCCC(F)(F)C(F)(F)C(F)(F)C(F)(F)C(F)(F)C(F)(F)F.CCC(C)C(=O)OCCOCCOCCOCCOCCOCCOCCO. The molecule has 0 aliphatic heterocycles. The number of alkyl halides is 13. The second-order valence-electron chi connectivity index (χ2n) is 11.6. The van der Waals surface area contributed by atoms with Crippen molar-refractivity contribution in [1.29, 1.82) is 0 Å². The maximum absolute atomic E-state index is 13.4. The standard InChI is InChI=1S/C19H38O9.C13H13F13O2.4CH4/c1-3-18(2)19(21)28-17-16-27-15-14-26-13-12-25-11-10-24-9-8-23-7-6-22-5-4-20;1-3-6(2)7(27)28-5-4-8(14,15)9(16,17)10(18,19)11(20,21)12(22,23)13(24,25)26;;;;/h18,20H,3-17H2,1-2H3;6H,3-5H2,1-2H3;4*1H4. The van der Waals surface area contributed by atoms with Gasteiger partial charge in [-0.05, 0) is 12.8 Å². The quantitative estimate of drug-likeness (QED) is 0.0407. The largest absolute Gasteiger partial charge is 0.465 e. The predicted molar refractivity (Wildman–Crippen MR) is 195 cm³/mol. The van der Waals surface area contributed by atoms with E-state index in [1.807, 2.05) is 13.8 Å². The average Bonchev–Trinajstić information content (AvgIpc) is 3.12. The molecule has 0 amide bonds. The van der Waals surface area contributed by atoms with Crippen molar-refractivity contribution in [2.75, 3.05) is 99.1 Å². The van der Waals surface area contributed by atoms with Crippen LogP contribution in [0, 0.1) is 11.8 Å². The van der Waals surface area contributed by atoms with E-state index in [0.29, 0.717) is 79.3 Å². The molecule has 0 aliphatic rings. The molecule has 0 saturated heterocycles. The Morgan fingerprint density at radius 3 is 0.983 bits per heavy atom. The van der Waals surface area contributed by atoms with Gasteiger partial charge in [0.2, 0.25) is 0 Å². The van der Waals surface area contributed by atoms with Gasteiger partial charge in [-0.3, -0.25) is 9.59 Å². The van der Waals surface area contributed by atoms with Crippen LogP contribution >= 0.6 is 0 Å². The van der Waals surface area contributed by atoms with Crippen LogP contribution in [0.5, 0.6) is 0 Å². The van der Waals surface area contributed by atoms with E-state index in [0.717, 1.165) is 6.42 Å². The number of carbonyl (C=O) groups is 2. The highest BCUT2D eigenvalue weighted by atomic mass is 19.4. The minimum absolute atomic E-state index is 0. The molecule has 0 aliphatic carbocycles. The first kappa shape index (κ1) is 69.4. The summed E-state index contributed by atoms with van der Waals surface area (Å²) in [6.07, 6.45) is -9.14. The van der Waals surface area contributed by atoms with E-state index >= 15 is 0 Å². The molecule has 0 aromatic rings. The van der Waals surface area contributed by atoms with Crippen LogP contribution in [0.1, 0.15) is 76.7 Å². The smallest absolute Gasteiger partial charge is 0.460 e. The molecule has 0 aromatic heterocycles. The van der Waals surface area contributed by atoms with Crippen LogP contribution in [0.4, 0.5) is 57.1 Å². The maximum atomic E-state index is 13.4. The lowest BCUT2D eigenvalue weighted by Gasteiger charge is -2.39. The lowest BCUT2D eigenvalue weighted by atomic mass is 9.93. The van der Waals surface area contributed by atoms with Crippen LogP contribution in [0.15, 0.2) is 0 Å². The molecule has 60 heavy (non-hydrogen) atoms. The molecule has 2 unspecified atom stereocenters. The third-order valence-corrected chi connectivity index (χ3v) is 7.26. The van der Waals surface area contributed by atoms with Crippen molar-refractivity contribution in [2.45, 2.75) is 112 Å².